The Hall–Kier alpha value is -2.65. The number of benzene rings is 2. The number of aromatic nitrogens is 2. The third kappa shape index (κ3) is 2.99. The second-order valence-corrected chi connectivity index (χ2v) is 12.8. The van der Waals surface area contributed by atoms with Gasteiger partial charge in [0.15, 0.2) is 0 Å². The molecule has 0 amide bonds. The fourth-order valence-corrected chi connectivity index (χ4v) is 5.80. The van der Waals surface area contributed by atoms with Gasteiger partial charge < -0.3 is 4.57 Å². The van der Waals surface area contributed by atoms with Gasteiger partial charge in [0.2, 0.25) is 0 Å². The van der Waals surface area contributed by atoms with E-state index in [0.29, 0.717) is 0 Å². The number of fused-ring (bicyclic) bond motifs is 1. The van der Waals surface area contributed by atoms with Crippen molar-refractivity contribution in [3.05, 3.63) is 84.6 Å². The van der Waals surface area contributed by atoms with E-state index in [4.69, 9.17) is 4.98 Å². The molecule has 130 valence electrons. The van der Waals surface area contributed by atoms with Crippen LogP contribution >= 0.6 is 0 Å². The Bertz CT molecular complexity index is 1030. The standard InChI is InChI=1S/C23H24N2Si/c1-26(2,3)23-21(19-13-8-5-9-14-19)20-15-10-16-24-22(20)25(23)17-18-11-6-4-7-12-18/h4-16H,17H2,1-3H3. The summed E-state index contributed by atoms with van der Waals surface area (Å²) >= 11 is 0. The van der Waals surface area contributed by atoms with Crippen LogP contribution < -0.4 is 5.32 Å². The first kappa shape index (κ1) is 16.8. The zero-order valence-electron chi connectivity index (χ0n) is 15.6. The predicted octanol–water partition coefficient (Wildman–Crippen LogP) is 5.30. The molecule has 0 aliphatic heterocycles. The molecular weight excluding hydrogens is 332 g/mol. The van der Waals surface area contributed by atoms with E-state index in [0.717, 1.165) is 12.2 Å². The van der Waals surface area contributed by atoms with Crippen LogP contribution in [0.5, 0.6) is 0 Å². The summed E-state index contributed by atoms with van der Waals surface area (Å²) in [6.07, 6.45) is 1.91. The van der Waals surface area contributed by atoms with Crippen molar-refractivity contribution in [2.24, 2.45) is 0 Å². The van der Waals surface area contributed by atoms with Crippen molar-refractivity contribution in [3.63, 3.8) is 0 Å². The van der Waals surface area contributed by atoms with E-state index >= 15 is 0 Å². The maximum absolute atomic E-state index is 4.78. The molecule has 0 bridgehead atoms. The normalized spacial score (nSPS) is 11.8. The maximum Gasteiger partial charge on any atom is 0.140 e. The molecule has 0 atom stereocenters. The Morgan fingerprint density at radius 1 is 0.808 bits per heavy atom. The largest absolute Gasteiger partial charge is 0.329 e. The van der Waals surface area contributed by atoms with Crippen LogP contribution in [0.4, 0.5) is 0 Å². The van der Waals surface area contributed by atoms with E-state index in [1.165, 1.54) is 27.4 Å². The van der Waals surface area contributed by atoms with Crippen LogP contribution in [0.25, 0.3) is 22.2 Å². The number of rotatable bonds is 4. The van der Waals surface area contributed by atoms with E-state index < -0.39 is 8.07 Å². The van der Waals surface area contributed by atoms with Crippen LogP contribution in [0.1, 0.15) is 5.56 Å². The molecule has 0 radical (unpaired) electrons. The SMILES string of the molecule is C[Si](C)(C)c1c(-c2ccccc2)c2cccnc2n1Cc1ccccc1. The first-order valence-corrected chi connectivity index (χ1v) is 12.6. The lowest BCUT2D eigenvalue weighted by Gasteiger charge is -2.22. The van der Waals surface area contributed by atoms with Gasteiger partial charge in [0.05, 0.1) is 8.07 Å². The first-order chi connectivity index (χ1) is 12.6. The summed E-state index contributed by atoms with van der Waals surface area (Å²) in [7, 11) is -1.62. The van der Waals surface area contributed by atoms with Gasteiger partial charge in [-0.1, -0.05) is 80.3 Å². The zero-order valence-corrected chi connectivity index (χ0v) is 16.6. The minimum Gasteiger partial charge on any atom is -0.329 e. The Labute approximate surface area is 156 Å². The van der Waals surface area contributed by atoms with Crippen molar-refractivity contribution < 1.29 is 0 Å². The molecule has 2 nitrogen and oxygen atoms in total. The van der Waals surface area contributed by atoms with Gasteiger partial charge in [0, 0.05) is 29.0 Å². The topological polar surface area (TPSA) is 17.8 Å². The number of nitrogens with zero attached hydrogens (tertiary/aromatic N) is 2. The summed E-state index contributed by atoms with van der Waals surface area (Å²) in [6.45, 7) is 8.14. The molecule has 4 rings (SSSR count). The van der Waals surface area contributed by atoms with Gasteiger partial charge in [-0.05, 0) is 23.3 Å². The molecule has 2 aromatic carbocycles. The quantitative estimate of drug-likeness (QED) is 0.454. The molecule has 0 aliphatic carbocycles. The number of hydrogen-bond acceptors (Lipinski definition) is 1. The third-order valence-corrected chi connectivity index (χ3v) is 6.72. The Morgan fingerprint density at radius 2 is 1.46 bits per heavy atom. The van der Waals surface area contributed by atoms with E-state index in [1.54, 1.807) is 0 Å². The molecule has 2 heterocycles. The highest BCUT2D eigenvalue weighted by Crippen LogP contribution is 2.30. The highest BCUT2D eigenvalue weighted by atomic mass is 28.3. The average molecular weight is 357 g/mol. The molecular formula is C23H24N2Si. The molecule has 0 aliphatic rings. The lowest BCUT2D eigenvalue weighted by molar-refractivity contribution is 0.844. The second kappa shape index (κ2) is 6.58. The number of pyridine rings is 1. The molecule has 0 fully saturated rings. The van der Waals surface area contributed by atoms with Crippen LogP contribution in [0, 0.1) is 0 Å². The summed E-state index contributed by atoms with van der Waals surface area (Å²) in [5.74, 6) is 0. The summed E-state index contributed by atoms with van der Waals surface area (Å²) in [5, 5.41) is 2.73. The van der Waals surface area contributed by atoms with Crippen molar-refractivity contribution in [1.29, 1.82) is 0 Å². The summed E-state index contributed by atoms with van der Waals surface area (Å²) in [5.41, 5.74) is 5.06. The molecule has 2 aromatic heterocycles. The third-order valence-electron chi connectivity index (χ3n) is 4.77. The molecule has 3 heteroatoms. The van der Waals surface area contributed by atoms with Crippen LogP contribution in [-0.2, 0) is 6.54 Å². The van der Waals surface area contributed by atoms with Crippen LogP contribution in [0.2, 0.25) is 19.6 Å². The van der Waals surface area contributed by atoms with Crippen molar-refractivity contribution in [1.82, 2.24) is 9.55 Å². The Kier molecular flexibility index (Phi) is 4.25. The Morgan fingerprint density at radius 3 is 2.12 bits per heavy atom. The van der Waals surface area contributed by atoms with Gasteiger partial charge in [-0.15, -0.1) is 0 Å². The van der Waals surface area contributed by atoms with Crippen molar-refractivity contribution in [2.75, 3.05) is 0 Å². The fourth-order valence-electron chi connectivity index (χ4n) is 3.77. The van der Waals surface area contributed by atoms with Crippen LogP contribution in [-0.4, -0.2) is 17.6 Å². The molecule has 0 unspecified atom stereocenters. The summed E-state index contributed by atoms with van der Waals surface area (Å²) in [4.78, 5) is 4.78. The summed E-state index contributed by atoms with van der Waals surface area (Å²) < 4.78 is 2.46. The molecule has 26 heavy (non-hydrogen) atoms. The molecule has 0 N–H and O–H groups in total. The minimum atomic E-state index is -1.62. The highest BCUT2D eigenvalue weighted by molar-refractivity contribution is 6.89. The van der Waals surface area contributed by atoms with Gasteiger partial charge in [0.25, 0.3) is 0 Å². The molecule has 0 saturated carbocycles. The first-order valence-electron chi connectivity index (χ1n) is 9.13. The van der Waals surface area contributed by atoms with E-state index in [2.05, 4.69) is 97.0 Å². The minimum absolute atomic E-state index is 0.862. The smallest absolute Gasteiger partial charge is 0.140 e. The second-order valence-electron chi connectivity index (χ2n) is 7.79. The molecule has 0 saturated heterocycles. The zero-order chi connectivity index (χ0) is 18.1. The lowest BCUT2D eigenvalue weighted by Crippen LogP contribution is -2.44. The van der Waals surface area contributed by atoms with Crippen molar-refractivity contribution >= 4 is 24.4 Å². The average Bonchev–Trinajstić information content (AvgIpc) is 2.98. The molecule has 0 spiro atoms. The van der Waals surface area contributed by atoms with Gasteiger partial charge in [-0.3, -0.25) is 0 Å². The van der Waals surface area contributed by atoms with Crippen molar-refractivity contribution in [2.45, 2.75) is 26.2 Å². The van der Waals surface area contributed by atoms with Crippen LogP contribution in [0.3, 0.4) is 0 Å². The number of hydrogen-bond donors (Lipinski definition) is 0. The maximum atomic E-state index is 4.78. The van der Waals surface area contributed by atoms with Gasteiger partial charge in [-0.25, -0.2) is 4.98 Å². The molecule has 4 aromatic rings. The van der Waals surface area contributed by atoms with E-state index in [1.807, 2.05) is 6.20 Å². The summed E-state index contributed by atoms with van der Waals surface area (Å²) in [6, 6.07) is 25.7. The van der Waals surface area contributed by atoms with E-state index in [-0.39, 0.29) is 0 Å². The van der Waals surface area contributed by atoms with Crippen LogP contribution in [0.15, 0.2) is 79.0 Å². The van der Waals surface area contributed by atoms with Gasteiger partial charge >= 0.3 is 0 Å². The van der Waals surface area contributed by atoms with Crippen molar-refractivity contribution in [3.8, 4) is 11.1 Å². The Balaban J connectivity index is 2.05. The lowest BCUT2D eigenvalue weighted by atomic mass is 10.1. The van der Waals surface area contributed by atoms with E-state index in [9.17, 15) is 0 Å². The fraction of sp³-hybridized carbons (Fsp3) is 0.174. The predicted molar refractivity (Wildman–Crippen MR) is 114 cm³/mol. The monoisotopic (exact) mass is 356 g/mol. The van der Waals surface area contributed by atoms with Gasteiger partial charge in [-0.2, -0.15) is 0 Å². The highest BCUT2D eigenvalue weighted by Gasteiger charge is 2.29. The van der Waals surface area contributed by atoms with Gasteiger partial charge in [0.1, 0.15) is 5.65 Å².